The van der Waals surface area contributed by atoms with Gasteiger partial charge in [-0.15, -0.1) is 5.10 Å². The van der Waals surface area contributed by atoms with Crippen LogP contribution in [-0.2, 0) is 4.74 Å². The summed E-state index contributed by atoms with van der Waals surface area (Å²) < 4.78 is 7.52. The molecule has 2 aromatic heterocycles. The summed E-state index contributed by atoms with van der Waals surface area (Å²) in [5.41, 5.74) is 2.71. The lowest BCUT2D eigenvalue weighted by Crippen LogP contribution is -2.20. The van der Waals surface area contributed by atoms with Crippen LogP contribution in [0.15, 0.2) is 54.6 Å². The predicted octanol–water partition coefficient (Wildman–Crippen LogP) is 3.54. The van der Waals surface area contributed by atoms with Gasteiger partial charge in [-0.05, 0) is 25.0 Å². The number of para-hydroxylation sites is 1. The van der Waals surface area contributed by atoms with Crippen molar-refractivity contribution in [2.75, 3.05) is 18.5 Å². The maximum atomic E-state index is 5.71. The van der Waals surface area contributed by atoms with Crippen LogP contribution >= 0.6 is 0 Å². The Labute approximate surface area is 150 Å². The molecule has 6 nitrogen and oxygen atoms in total. The lowest BCUT2D eigenvalue weighted by molar-refractivity contribution is 0.120. The molecule has 6 heteroatoms. The Morgan fingerprint density at radius 3 is 2.73 bits per heavy atom. The highest BCUT2D eigenvalue weighted by Gasteiger charge is 2.18. The van der Waals surface area contributed by atoms with E-state index < -0.39 is 0 Å². The molecule has 0 aliphatic carbocycles. The van der Waals surface area contributed by atoms with Gasteiger partial charge in [-0.2, -0.15) is 4.52 Å². The highest BCUT2D eigenvalue weighted by atomic mass is 16.5. The van der Waals surface area contributed by atoms with E-state index in [-0.39, 0.29) is 6.10 Å². The highest BCUT2D eigenvalue weighted by Crippen LogP contribution is 2.24. The van der Waals surface area contributed by atoms with E-state index in [9.17, 15) is 0 Å². The molecular weight excluding hydrogens is 326 g/mol. The zero-order valence-electron chi connectivity index (χ0n) is 14.3. The molecule has 1 N–H and O–H groups in total. The lowest BCUT2D eigenvalue weighted by Gasteiger charge is -2.12. The van der Waals surface area contributed by atoms with Gasteiger partial charge in [0.05, 0.1) is 11.6 Å². The largest absolute Gasteiger partial charge is 0.376 e. The van der Waals surface area contributed by atoms with Gasteiger partial charge >= 0.3 is 0 Å². The summed E-state index contributed by atoms with van der Waals surface area (Å²) in [5.74, 6) is 1.40. The normalized spacial score (nSPS) is 17.2. The number of hydrogen-bond acceptors (Lipinski definition) is 5. The Morgan fingerprint density at radius 1 is 1.04 bits per heavy atom. The van der Waals surface area contributed by atoms with Crippen molar-refractivity contribution in [1.82, 2.24) is 19.6 Å². The number of anilines is 1. The van der Waals surface area contributed by atoms with E-state index in [0.717, 1.165) is 48.1 Å². The van der Waals surface area contributed by atoms with Crippen molar-refractivity contribution in [2.24, 2.45) is 0 Å². The number of nitrogens with zero attached hydrogens (tertiary/aromatic N) is 4. The Bertz CT molecular complexity index is 1050. The predicted molar refractivity (Wildman–Crippen MR) is 101 cm³/mol. The zero-order chi connectivity index (χ0) is 17.3. The van der Waals surface area contributed by atoms with Gasteiger partial charge < -0.3 is 10.1 Å². The van der Waals surface area contributed by atoms with Gasteiger partial charge in [0.15, 0.2) is 11.5 Å². The summed E-state index contributed by atoms with van der Waals surface area (Å²) in [7, 11) is 0. The summed E-state index contributed by atoms with van der Waals surface area (Å²) in [6, 6.07) is 18.0. The van der Waals surface area contributed by atoms with Crippen LogP contribution in [0.4, 0.5) is 5.95 Å². The number of fused-ring (bicyclic) bond motifs is 3. The van der Waals surface area contributed by atoms with Crippen molar-refractivity contribution >= 4 is 22.5 Å². The maximum Gasteiger partial charge on any atom is 0.226 e. The number of hydrogen-bond donors (Lipinski definition) is 1. The van der Waals surface area contributed by atoms with Crippen molar-refractivity contribution in [2.45, 2.75) is 18.9 Å². The standard InChI is InChI=1S/C20H19N5O/c1-2-7-14(8-3-1)18-23-19-16-10-4-5-11-17(16)22-20(25(19)24-18)21-13-15-9-6-12-26-15/h1-5,7-8,10-11,15H,6,9,12-13H2,(H,21,22)/t15-/m0/s1. The smallest absolute Gasteiger partial charge is 0.226 e. The second-order valence-electron chi connectivity index (χ2n) is 6.51. The number of rotatable bonds is 4. The van der Waals surface area contributed by atoms with Crippen molar-refractivity contribution < 1.29 is 4.74 Å². The fourth-order valence-electron chi connectivity index (χ4n) is 3.39. The van der Waals surface area contributed by atoms with E-state index in [0.29, 0.717) is 11.8 Å². The first-order chi connectivity index (χ1) is 12.9. The molecule has 0 radical (unpaired) electrons. The van der Waals surface area contributed by atoms with Crippen LogP contribution in [0.5, 0.6) is 0 Å². The zero-order valence-corrected chi connectivity index (χ0v) is 14.3. The van der Waals surface area contributed by atoms with Crippen LogP contribution in [0.2, 0.25) is 0 Å². The van der Waals surface area contributed by atoms with Crippen molar-refractivity contribution in [1.29, 1.82) is 0 Å². The number of ether oxygens (including phenoxy) is 1. The Morgan fingerprint density at radius 2 is 1.88 bits per heavy atom. The molecule has 2 aromatic carbocycles. The van der Waals surface area contributed by atoms with Crippen LogP contribution in [0.1, 0.15) is 12.8 Å². The van der Waals surface area contributed by atoms with Crippen LogP contribution in [-0.4, -0.2) is 38.8 Å². The van der Waals surface area contributed by atoms with E-state index >= 15 is 0 Å². The first kappa shape index (κ1) is 15.3. The second-order valence-corrected chi connectivity index (χ2v) is 6.51. The fraction of sp³-hybridized carbons (Fsp3) is 0.250. The molecule has 0 unspecified atom stereocenters. The molecule has 4 aromatic rings. The molecule has 1 atom stereocenters. The molecule has 0 bridgehead atoms. The molecule has 1 saturated heterocycles. The maximum absolute atomic E-state index is 5.71. The van der Waals surface area contributed by atoms with Crippen molar-refractivity contribution in [3.8, 4) is 11.4 Å². The molecule has 0 amide bonds. The van der Waals surface area contributed by atoms with Gasteiger partial charge in [0.2, 0.25) is 5.95 Å². The Hall–Kier alpha value is -2.99. The minimum absolute atomic E-state index is 0.232. The highest BCUT2D eigenvalue weighted by molar-refractivity contribution is 5.92. The minimum atomic E-state index is 0.232. The van der Waals surface area contributed by atoms with Crippen LogP contribution in [0, 0.1) is 0 Å². The molecule has 5 rings (SSSR count). The first-order valence-corrected chi connectivity index (χ1v) is 8.95. The molecule has 0 saturated carbocycles. The second kappa shape index (κ2) is 6.38. The molecular formula is C20H19N5O. The van der Waals surface area contributed by atoms with Gasteiger partial charge in [-0.1, -0.05) is 42.5 Å². The SMILES string of the molecule is c1ccc(-c2nc3c4ccccc4nc(NC[C@@H]4CCCO4)n3n2)cc1. The van der Waals surface area contributed by atoms with Crippen LogP contribution < -0.4 is 5.32 Å². The number of aromatic nitrogens is 4. The lowest BCUT2D eigenvalue weighted by atomic mass is 10.2. The molecule has 1 aliphatic heterocycles. The number of nitrogens with one attached hydrogen (secondary N) is 1. The van der Waals surface area contributed by atoms with E-state index in [1.807, 2.05) is 54.6 Å². The quantitative estimate of drug-likeness (QED) is 0.613. The molecule has 0 spiro atoms. The topological polar surface area (TPSA) is 64.3 Å². The average molecular weight is 345 g/mol. The molecule has 130 valence electrons. The summed E-state index contributed by atoms with van der Waals surface area (Å²) >= 11 is 0. The summed E-state index contributed by atoms with van der Waals surface area (Å²) in [5, 5.41) is 9.12. The van der Waals surface area contributed by atoms with Gasteiger partial charge in [0.25, 0.3) is 0 Å². The van der Waals surface area contributed by atoms with Crippen LogP contribution in [0.25, 0.3) is 27.9 Å². The van der Waals surface area contributed by atoms with Gasteiger partial charge in [-0.25, -0.2) is 9.97 Å². The van der Waals surface area contributed by atoms with E-state index in [1.54, 1.807) is 4.52 Å². The van der Waals surface area contributed by atoms with Gasteiger partial charge in [-0.3, -0.25) is 0 Å². The third-order valence-electron chi connectivity index (χ3n) is 4.72. The van der Waals surface area contributed by atoms with E-state index in [2.05, 4.69) is 5.32 Å². The van der Waals surface area contributed by atoms with Crippen molar-refractivity contribution in [3.05, 3.63) is 54.6 Å². The monoisotopic (exact) mass is 345 g/mol. The minimum Gasteiger partial charge on any atom is -0.376 e. The Kier molecular flexibility index (Phi) is 3.75. The summed E-state index contributed by atoms with van der Waals surface area (Å²) in [6.45, 7) is 1.56. The average Bonchev–Trinajstić information content (AvgIpc) is 3.37. The molecule has 26 heavy (non-hydrogen) atoms. The third kappa shape index (κ3) is 2.68. The summed E-state index contributed by atoms with van der Waals surface area (Å²) in [6.07, 6.45) is 2.43. The summed E-state index contributed by atoms with van der Waals surface area (Å²) in [4.78, 5) is 9.56. The van der Waals surface area contributed by atoms with E-state index in [4.69, 9.17) is 19.8 Å². The molecule has 3 heterocycles. The molecule has 1 aliphatic rings. The van der Waals surface area contributed by atoms with Gasteiger partial charge in [0, 0.05) is 24.1 Å². The van der Waals surface area contributed by atoms with E-state index in [1.165, 1.54) is 0 Å². The fourth-order valence-corrected chi connectivity index (χ4v) is 3.39. The third-order valence-corrected chi connectivity index (χ3v) is 4.72. The number of benzene rings is 2. The molecule has 1 fully saturated rings. The van der Waals surface area contributed by atoms with Crippen LogP contribution in [0.3, 0.4) is 0 Å². The Balaban J connectivity index is 1.63. The van der Waals surface area contributed by atoms with Gasteiger partial charge in [0.1, 0.15) is 0 Å². The van der Waals surface area contributed by atoms with Crippen molar-refractivity contribution in [3.63, 3.8) is 0 Å². The first-order valence-electron chi connectivity index (χ1n) is 8.95.